The highest BCUT2D eigenvalue weighted by Gasteiger charge is 2.11. The molecule has 1 heterocycles. The molecule has 0 fully saturated rings. The summed E-state index contributed by atoms with van der Waals surface area (Å²) in [6.45, 7) is 0.398. The Labute approximate surface area is 128 Å². The molecule has 3 rings (SSSR count). The predicted octanol–water partition coefficient (Wildman–Crippen LogP) is 3.97. The molecule has 0 saturated carbocycles. The number of hydrogen-bond donors (Lipinski definition) is 1. The van der Waals surface area contributed by atoms with Crippen LogP contribution in [0.1, 0.15) is 11.6 Å². The van der Waals surface area contributed by atoms with Crippen LogP contribution in [0.5, 0.6) is 5.75 Å². The van der Waals surface area contributed by atoms with Gasteiger partial charge < -0.3 is 10.5 Å². The highest BCUT2D eigenvalue weighted by atomic mass is 35.5. The summed E-state index contributed by atoms with van der Waals surface area (Å²) in [5.41, 5.74) is 8.24. The van der Waals surface area contributed by atoms with E-state index >= 15 is 0 Å². The van der Waals surface area contributed by atoms with Crippen molar-refractivity contribution in [3.05, 3.63) is 71.4 Å². The molecule has 0 bridgehead atoms. The number of nitrogens with zero attached hydrogens (tertiary/aromatic N) is 1. The molecule has 106 valence electrons. The van der Waals surface area contributed by atoms with E-state index in [1.807, 2.05) is 42.5 Å². The molecule has 0 amide bonds. The zero-order valence-electron chi connectivity index (χ0n) is 11.4. The lowest BCUT2D eigenvalue weighted by Crippen LogP contribution is -2.19. The minimum atomic E-state index is -0.214. The van der Waals surface area contributed by atoms with Gasteiger partial charge in [0, 0.05) is 16.6 Å². The van der Waals surface area contributed by atoms with Gasteiger partial charge in [0.15, 0.2) is 0 Å². The molecule has 21 heavy (non-hydrogen) atoms. The van der Waals surface area contributed by atoms with Crippen molar-refractivity contribution < 1.29 is 4.74 Å². The van der Waals surface area contributed by atoms with E-state index in [-0.39, 0.29) is 6.04 Å². The molecule has 1 atom stereocenters. The lowest BCUT2D eigenvalue weighted by Gasteiger charge is -2.15. The number of benzene rings is 2. The standard InChI is InChI=1S/C17H15ClN2O/c18-12-6-8-13(9-7-12)21-11-16(19)14-3-1-5-17-15(14)4-2-10-20-17/h1-10,16H,11,19H2. The van der Waals surface area contributed by atoms with Crippen LogP contribution < -0.4 is 10.5 Å². The van der Waals surface area contributed by atoms with Crippen LogP contribution in [-0.4, -0.2) is 11.6 Å². The van der Waals surface area contributed by atoms with Gasteiger partial charge in [-0.2, -0.15) is 0 Å². The highest BCUT2D eigenvalue weighted by Crippen LogP contribution is 2.23. The molecule has 0 radical (unpaired) electrons. The second-order valence-corrected chi connectivity index (χ2v) is 5.23. The third-order valence-electron chi connectivity index (χ3n) is 3.32. The quantitative estimate of drug-likeness (QED) is 0.793. The summed E-state index contributed by atoms with van der Waals surface area (Å²) in [6.07, 6.45) is 1.78. The summed E-state index contributed by atoms with van der Waals surface area (Å²) in [5, 5.41) is 1.75. The maximum absolute atomic E-state index is 6.26. The van der Waals surface area contributed by atoms with Crippen LogP contribution in [0.4, 0.5) is 0 Å². The van der Waals surface area contributed by atoms with Crippen molar-refractivity contribution in [3.63, 3.8) is 0 Å². The SMILES string of the molecule is NC(COc1ccc(Cl)cc1)c1cccc2ncccc12. The van der Waals surface area contributed by atoms with Gasteiger partial charge in [-0.3, -0.25) is 4.98 Å². The predicted molar refractivity (Wildman–Crippen MR) is 85.6 cm³/mol. The van der Waals surface area contributed by atoms with Gasteiger partial charge in [-0.05, 0) is 42.0 Å². The summed E-state index contributed by atoms with van der Waals surface area (Å²) in [7, 11) is 0. The van der Waals surface area contributed by atoms with Crippen LogP contribution in [0.2, 0.25) is 5.02 Å². The normalized spacial score (nSPS) is 12.3. The third kappa shape index (κ3) is 3.15. The summed E-state index contributed by atoms with van der Waals surface area (Å²) in [6, 6.07) is 16.9. The van der Waals surface area contributed by atoms with Gasteiger partial charge in [0.2, 0.25) is 0 Å². The van der Waals surface area contributed by atoms with Crippen LogP contribution in [-0.2, 0) is 0 Å². The zero-order chi connectivity index (χ0) is 14.7. The van der Waals surface area contributed by atoms with Crippen molar-refractivity contribution in [2.45, 2.75) is 6.04 Å². The number of hydrogen-bond acceptors (Lipinski definition) is 3. The Kier molecular flexibility index (Phi) is 4.04. The lowest BCUT2D eigenvalue weighted by molar-refractivity contribution is 0.291. The molecule has 3 aromatic rings. The number of aromatic nitrogens is 1. The third-order valence-corrected chi connectivity index (χ3v) is 3.57. The second-order valence-electron chi connectivity index (χ2n) is 4.79. The lowest BCUT2D eigenvalue weighted by atomic mass is 10.0. The van der Waals surface area contributed by atoms with Gasteiger partial charge in [-0.15, -0.1) is 0 Å². The summed E-state index contributed by atoms with van der Waals surface area (Å²) >= 11 is 5.85. The zero-order valence-corrected chi connectivity index (χ0v) is 12.1. The topological polar surface area (TPSA) is 48.1 Å². The largest absolute Gasteiger partial charge is 0.492 e. The van der Waals surface area contributed by atoms with Gasteiger partial charge in [0.05, 0.1) is 11.6 Å². The first-order valence-electron chi connectivity index (χ1n) is 6.71. The Morgan fingerprint density at radius 2 is 1.86 bits per heavy atom. The van der Waals surface area contributed by atoms with Crippen molar-refractivity contribution in [2.75, 3.05) is 6.61 Å². The molecule has 2 aromatic carbocycles. The minimum Gasteiger partial charge on any atom is -0.492 e. The van der Waals surface area contributed by atoms with E-state index in [0.717, 1.165) is 22.2 Å². The van der Waals surface area contributed by atoms with Gasteiger partial charge in [-0.25, -0.2) is 0 Å². The molecule has 0 aliphatic rings. The molecule has 2 N–H and O–H groups in total. The molecule has 0 aliphatic heterocycles. The Hall–Kier alpha value is -2.10. The van der Waals surface area contributed by atoms with Crippen molar-refractivity contribution in [1.82, 2.24) is 4.98 Å². The Balaban J connectivity index is 1.78. The molecule has 1 aromatic heterocycles. The number of nitrogens with two attached hydrogens (primary N) is 1. The highest BCUT2D eigenvalue weighted by molar-refractivity contribution is 6.30. The van der Waals surface area contributed by atoms with Crippen molar-refractivity contribution >= 4 is 22.5 Å². The van der Waals surface area contributed by atoms with Crippen LogP contribution in [0, 0.1) is 0 Å². The van der Waals surface area contributed by atoms with E-state index in [2.05, 4.69) is 4.98 Å². The Morgan fingerprint density at radius 3 is 2.67 bits per heavy atom. The molecule has 4 heteroatoms. The van der Waals surface area contributed by atoms with Crippen LogP contribution in [0.3, 0.4) is 0 Å². The van der Waals surface area contributed by atoms with Gasteiger partial charge in [0.25, 0.3) is 0 Å². The van der Waals surface area contributed by atoms with Gasteiger partial charge >= 0.3 is 0 Å². The van der Waals surface area contributed by atoms with Crippen molar-refractivity contribution in [1.29, 1.82) is 0 Å². The second kappa shape index (κ2) is 6.12. The number of ether oxygens (including phenoxy) is 1. The van der Waals surface area contributed by atoms with Crippen molar-refractivity contribution in [2.24, 2.45) is 5.73 Å². The summed E-state index contributed by atoms with van der Waals surface area (Å²) in [4.78, 5) is 4.34. The first-order chi connectivity index (χ1) is 10.2. The fraction of sp³-hybridized carbons (Fsp3) is 0.118. The molecule has 0 aliphatic carbocycles. The summed E-state index contributed by atoms with van der Waals surface area (Å²) < 4.78 is 5.72. The molecule has 1 unspecified atom stereocenters. The molecule has 0 spiro atoms. The fourth-order valence-electron chi connectivity index (χ4n) is 2.26. The average molecular weight is 299 g/mol. The molecule has 3 nitrogen and oxygen atoms in total. The first kappa shape index (κ1) is 13.9. The number of pyridine rings is 1. The van der Waals surface area contributed by atoms with E-state index < -0.39 is 0 Å². The average Bonchev–Trinajstić information content (AvgIpc) is 2.53. The summed E-state index contributed by atoms with van der Waals surface area (Å²) in [5.74, 6) is 0.758. The maximum Gasteiger partial charge on any atom is 0.119 e. The van der Waals surface area contributed by atoms with E-state index in [1.54, 1.807) is 18.3 Å². The van der Waals surface area contributed by atoms with E-state index in [0.29, 0.717) is 11.6 Å². The van der Waals surface area contributed by atoms with E-state index in [1.165, 1.54) is 0 Å². The Morgan fingerprint density at radius 1 is 1.05 bits per heavy atom. The van der Waals surface area contributed by atoms with E-state index in [4.69, 9.17) is 22.1 Å². The number of halogens is 1. The number of rotatable bonds is 4. The monoisotopic (exact) mass is 298 g/mol. The van der Waals surface area contributed by atoms with Crippen molar-refractivity contribution in [3.8, 4) is 5.75 Å². The smallest absolute Gasteiger partial charge is 0.119 e. The van der Waals surface area contributed by atoms with Crippen LogP contribution in [0.15, 0.2) is 60.8 Å². The van der Waals surface area contributed by atoms with E-state index in [9.17, 15) is 0 Å². The van der Waals surface area contributed by atoms with Gasteiger partial charge in [0.1, 0.15) is 12.4 Å². The minimum absolute atomic E-state index is 0.214. The fourth-order valence-corrected chi connectivity index (χ4v) is 2.38. The molecular weight excluding hydrogens is 284 g/mol. The molecular formula is C17H15ClN2O. The number of fused-ring (bicyclic) bond motifs is 1. The Bertz CT molecular complexity index is 738. The molecule has 0 saturated heterocycles. The van der Waals surface area contributed by atoms with Crippen LogP contribution in [0.25, 0.3) is 10.9 Å². The first-order valence-corrected chi connectivity index (χ1v) is 7.09. The van der Waals surface area contributed by atoms with Crippen LogP contribution >= 0.6 is 11.6 Å². The maximum atomic E-state index is 6.26. The van der Waals surface area contributed by atoms with Gasteiger partial charge in [-0.1, -0.05) is 29.8 Å².